The number of hydrazone groups is 1. The smallest absolute Gasteiger partial charge is 0.356 e. The number of benzene rings is 1. The highest BCUT2D eigenvalue weighted by molar-refractivity contribution is 6.46. The Kier molecular flexibility index (Phi) is 5.46. The van der Waals surface area contributed by atoms with E-state index in [1.165, 1.54) is 0 Å². The molecule has 0 aliphatic carbocycles. The summed E-state index contributed by atoms with van der Waals surface area (Å²) in [6.45, 7) is 3.76. The summed E-state index contributed by atoms with van der Waals surface area (Å²) in [6.07, 6.45) is 0. The van der Waals surface area contributed by atoms with Crippen LogP contribution in [0.2, 0.25) is 15.2 Å². The van der Waals surface area contributed by atoms with Gasteiger partial charge in [0.15, 0.2) is 10.8 Å². The second-order valence-electron chi connectivity index (χ2n) is 4.68. The average molecular weight is 373 g/mol. The van der Waals surface area contributed by atoms with Gasteiger partial charge in [-0.2, -0.15) is 5.10 Å². The Morgan fingerprint density at radius 2 is 1.87 bits per heavy atom. The Bertz CT molecular complexity index is 807. The zero-order valence-electron chi connectivity index (χ0n) is 12.2. The maximum absolute atomic E-state index is 11.1. The van der Waals surface area contributed by atoms with Gasteiger partial charge in [-0.15, -0.1) is 0 Å². The molecule has 1 aromatic carbocycles. The molecule has 0 atom stereocenters. The molecule has 2 N–H and O–H groups in total. The van der Waals surface area contributed by atoms with Crippen LogP contribution in [0, 0.1) is 6.92 Å². The minimum atomic E-state index is -1.31. The third-order valence-electron chi connectivity index (χ3n) is 3.11. The van der Waals surface area contributed by atoms with Crippen LogP contribution in [-0.4, -0.2) is 21.8 Å². The molecule has 120 valence electrons. The maximum atomic E-state index is 11.1. The summed E-state index contributed by atoms with van der Waals surface area (Å²) in [5, 5.41) is 13.0. The zero-order valence-corrected chi connectivity index (χ0v) is 14.5. The first-order valence-corrected chi connectivity index (χ1v) is 7.60. The first kappa shape index (κ1) is 17.5. The topological polar surface area (TPSA) is 74.6 Å². The predicted octanol–water partition coefficient (Wildman–Crippen LogP) is 4.88. The fourth-order valence-corrected chi connectivity index (χ4v) is 2.60. The number of carbonyl (C=O) groups is 1. The van der Waals surface area contributed by atoms with Gasteiger partial charge >= 0.3 is 5.97 Å². The quantitative estimate of drug-likeness (QED) is 0.455. The standard InChI is InChI=1S/C15H12Cl3N3O2/c1-7-5-3-4-6-9(7)8(2)20-21-12-10(16)13(15(22)23)19-14(18)11(12)17/h3-6H,1-2H3,(H,19,21)(H,22,23)/b20-8-. The third-order valence-corrected chi connectivity index (χ3v) is 4.22. The van der Waals surface area contributed by atoms with Crippen molar-refractivity contribution < 1.29 is 9.90 Å². The summed E-state index contributed by atoms with van der Waals surface area (Å²) in [5.41, 5.74) is 5.04. The zero-order chi connectivity index (χ0) is 17.1. The van der Waals surface area contributed by atoms with E-state index >= 15 is 0 Å². The monoisotopic (exact) mass is 371 g/mol. The van der Waals surface area contributed by atoms with E-state index in [9.17, 15) is 4.79 Å². The van der Waals surface area contributed by atoms with Gasteiger partial charge in [-0.25, -0.2) is 9.78 Å². The molecular weight excluding hydrogens is 361 g/mol. The van der Waals surface area contributed by atoms with Crippen LogP contribution in [0.3, 0.4) is 0 Å². The normalized spacial score (nSPS) is 11.4. The van der Waals surface area contributed by atoms with E-state index in [1.54, 1.807) is 6.92 Å². The van der Waals surface area contributed by atoms with Gasteiger partial charge in [0.05, 0.1) is 11.4 Å². The minimum Gasteiger partial charge on any atom is -0.476 e. The van der Waals surface area contributed by atoms with Gasteiger partial charge in [0.2, 0.25) is 0 Å². The number of aromatic nitrogens is 1. The number of carboxylic acids is 1. The largest absolute Gasteiger partial charge is 0.476 e. The lowest BCUT2D eigenvalue weighted by molar-refractivity contribution is 0.0691. The van der Waals surface area contributed by atoms with Gasteiger partial charge in [0, 0.05) is 5.56 Å². The van der Waals surface area contributed by atoms with E-state index in [0.717, 1.165) is 11.1 Å². The number of hydrogen-bond acceptors (Lipinski definition) is 4. The Balaban J connectivity index is 2.43. The summed E-state index contributed by atoms with van der Waals surface area (Å²) < 4.78 is 0. The van der Waals surface area contributed by atoms with Gasteiger partial charge in [0.1, 0.15) is 10.0 Å². The number of rotatable bonds is 4. The van der Waals surface area contributed by atoms with E-state index in [1.807, 2.05) is 31.2 Å². The van der Waals surface area contributed by atoms with Crippen molar-refractivity contribution in [2.45, 2.75) is 13.8 Å². The van der Waals surface area contributed by atoms with E-state index in [0.29, 0.717) is 5.71 Å². The Morgan fingerprint density at radius 1 is 1.22 bits per heavy atom. The van der Waals surface area contributed by atoms with Crippen molar-refractivity contribution in [3.05, 3.63) is 56.3 Å². The van der Waals surface area contributed by atoms with Gasteiger partial charge < -0.3 is 5.11 Å². The number of pyridine rings is 1. The molecule has 8 heteroatoms. The van der Waals surface area contributed by atoms with E-state index < -0.39 is 11.7 Å². The van der Waals surface area contributed by atoms with Crippen LogP contribution >= 0.6 is 34.8 Å². The van der Waals surface area contributed by atoms with Crippen molar-refractivity contribution in [3.63, 3.8) is 0 Å². The van der Waals surface area contributed by atoms with Crippen LogP contribution in [0.1, 0.15) is 28.5 Å². The van der Waals surface area contributed by atoms with Crippen molar-refractivity contribution in [2.75, 3.05) is 5.43 Å². The number of nitrogens with one attached hydrogen (secondary N) is 1. The minimum absolute atomic E-state index is 0.00278. The van der Waals surface area contributed by atoms with Crippen molar-refractivity contribution >= 4 is 52.2 Å². The Labute approximate surface area is 147 Å². The first-order valence-electron chi connectivity index (χ1n) is 6.47. The molecule has 1 aromatic heterocycles. The van der Waals surface area contributed by atoms with Crippen molar-refractivity contribution in [1.82, 2.24) is 4.98 Å². The molecule has 1 heterocycles. The van der Waals surface area contributed by atoms with Crippen LogP contribution < -0.4 is 5.43 Å². The molecule has 0 aliphatic rings. The SMILES string of the molecule is C/C(=N/Nc1c(Cl)c(Cl)nc(C(=O)O)c1Cl)c1ccccc1C. The van der Waals surface area contributed by atoms with Gasteiger partial charge in [0.25, 0.3) is 0 Å². The highest BCUT2D eigenvalue weighted by Gasteiger charge is 2.20. The highest BCUT2D eigenvalue weighted by atomic mass is 35.5. The Hall–Kier alpha value is -1.82. The fourth-order valence-electron chi connectivity index (χ4n) is 1.93. The Morgan fingerprint density at radius 3 is 2.48 bits per heavy atom. The number of aromatic carboxylic acids is 1. The van der Waals surface area contributed by atoms with Crippen molar-refractivity contribution in [2.24, 2.45) is 5.10 Å². The summed E-state index contributed by atoms with van der Waals surface area (Å²) in [6, 6.07) is 7.70. The molecule has 0 radical (unpaired) electrons. The molecule has 2 aromatic rings. The number of halogens is 3. The van der Waals surface area contributed by atoms with Gasteiger partial charge in [-0.05, 0) is 19.4 Å². The lowest BCUT2D eigenvalue weighted by atomic mass is 10.1. The van der Waals surface area contributed by atoms with Crippen LogP contribution in [0.4, 0.5) is 5.69 Å². The molecule has 0 aliphatic heterocycles. The average Bonchev–Trinajstić information content (AvgIpc) is 2.50. The highest BCUT2D eigenvalue weighted by Crippen LogP contribution is 2.36. The third kappa shape index (κ3) is 3.75. The van der Waals surface area contributed by atoms with Crippen LogP contribution in [0.5, 0.6) is 0 Å². The predicted molar refractivity (Wildman–Crippen MR) is 93.2 cm³/mol. The molecule has 0 saturated heterocycles. The van der Waals surface area contributed by atoms with Crippen molar-refractivity contribution in [1.29, 1.82) is 0 Å². The second kappa shape index (κ2) is 7.17. The number of nitrogens with zero attached hydrogens (tertiary/aromatic N) is 2. The van der Waals surface area contributed by atoms with Gasteiger partial charge in [-0.3, -0.25) is 5.43 Å². The molecule has 23 heavy (non-hydrogen) atoms. The summed E-state index contributed by atoms with van der Waals surface area (Å²) in [4.78, 5) is 14.8. The summed E-state index contributed by atoms with van der Waals surface area (Å²) in [5.74, 6) is -1.31. The van der Waals surface area contributed by atoms with Gasteiger partial charge in [-0.1, -0.05) is 59.1 Å². The van der Waals surface area contributed by atoms with E-state index in [4.69, 9.17) is 39.9 Å². The molecule has 0 bridgehead atoms. The molecule has 0 fully saturated rings. The van der Waals surface area contributed by atoms with Crippen LogP contribution in [0.15, 0.2) is 29.4 Å². The molecule has 5 nitrogen and oxygen atoms in total. The molecule has 0 unspecified atom stereocenters. The molecular formula is C15H12Cl3N3O2. The number of hydrogen-bond donors (Lipinski definition) is 2. The van der Waals surface area contributed by atoms with Crippen LogP contribution in [0.25, 0.3) is 0 Å². The fraction of sp³-hybridized carbons (Fsp3) is 0.133. The first-order chi connectivity index (χ1) is 10.8. The number of anilines is 1. The lowest BCUT2D eigenvalue weighted by Crippen LogP contribution is -2.07. The van der Waals surface area contributed by atoms with Crippen LogP contribution in [-0.2, 0) is 0 Å². The number of aryl methyl sites for hydroxylation is 1. The van der Waals surface area contributed by atoms with Crippen molar-refractivity contribution in [3.8, 4) is 0 Å². The second-order valence-corrected chi connectivity index (χ2v) is 5.80. The van der Waals surface area contributed by atoms with E-state index in [2.05, 4.69) is 15.5 Å². The summed E-state index contributed by atoms with van der Waals surface area (Å²) >= 11 is 17.9. The molecule has 0 spiro atoms. The molecule has 2 rings (SSSR count). The number of carboxylic acid groups (broad SMARTS) is 1. The molecule has 0 amide bonds. The molecule has 0 saturated carbocycles. The van der Waals surface area contributed by atoms with E-state index in [-0.39, 0.29) is 20.9 Å². The lowest BCUT2D eigenvalue weighted by Gasteiger charge is -2.11. The summed E-state index contributed by atoms with van der Waals surface area (Å²) in [7, 11) is 0. The maximum Gasteiger partial charge on any atom is 0.356 e.